The third-order valence-corrected chi connectivity index (χ3v) is 4.20. The summed E-state index contributed by atoms with van der Waals surface area (Å²) in [6.45, 7) is 3.31. The van der Waals surface area contributed by atoms with Crippen LogP contribution in [0.25, 0.3) is 0 Å². The normalized spacial score (nSPS) is 15.6. The van der Waals surface area contributed by atoms with Gasteiger partial charge in [-0.1, -0.05) is 48.5 Å². The number of likely N-dealkylation sites (N-methyl/N-ethyl adjacent to an activating group) is 1. The molecule has 1 unspecified atom stereocenters. The van der Waals surface area contributed by atoms with Gasteiger partial charge in [-0.2, -0.15) is 0 Å². The Morgan fingerprint density at radius 2 is 1.52 bits per heavy atom. The molecule has 2 nitrogen and oxygen atoms in total. The van der Waals surface area contributed by atoms with Gasteiger partial charge in [0.25, 0.3) is 0 Å². The third kappa shape index (κ3) is 3.02. The summed E-state index contributed by atoms with van der Waals surface area (Å²) < 4.78 is 0. The van der Waals surface area contributed by atoms with Crippen LogP contribution in [0.1, 0.15) is 35.2 Å². The molecule has 1 aliphatic carbocycles. The molecule has 0 saturated carbocycles. The molecule has 0 aromatic heterocycles. The lowest BCUT2D eigenvalue weighted by Gasteiger charge is -2.32. The van der Waals surface area contributed by atoms with Crippen molar-refractivity contribution in [1.29, 1.82) is 0 Å². The summed E-state index contributed by atoms with van der Waals surface area (Å²) in [6.07, 6.45) is 1.05. The molecule has 0 radical (unpaired) electrons. The van der Waals surface area contributed by atoms with Crippen LogP contribution in [0.4, 0.5) is 0 Å². The fraction of sp³-hybridized carbons (Fsp3) is 0.368. The van der Waals surface area contributed by atoms with E-state index in [4.69, 9.17) is 0 Å². The van der Waals surface area contributed by atoms with Crippen LogP contribution in [0.15, 0.2) is 48.5 Å². The van der Waals surface area contributed by atoms with E-state index in [0.29, 0.717) is 12.1 Å². The number of fused-ring (bicyclic) bond motifs is 2. The third-order valence-electron chi connectivity index (χ3n) is 4.20. The molecule has 2 aromatic carbocycles. The van der Waals surface area contributed by atoms with Gasteiger partial charge >= 0.3 is 0 Å². The molecule has 0 saturated heterocycles. The number of nitrogens with one attached hydrogen (secondary N) is 1. The van der Waals surface area contributed by atoms with Crippen molar-refractivity contribution >= 4 is 0 Å². The van der Waals surface area contributed by atoms with Gasteiger partial charge in [0, 0.05) is 12.6 Å². The van der Waals surface area contributed by atoms with Crippen LogP contribution in [0.2, 0.25) is 0 Å². The van der Waals surface area contributed by atoms with E-state index in [0.717, 1.165) is 13.0 Å². The van der Waals surface area contributed by atoms with Gasteiger partial charge in [-0.3, -0.25) is 0 Å². The minimum absolute atomic E-state index is 0.307. The van der Waals surface area contributed by atoms with Crippen molar-refractivity contribution in [3.05, 3.63) is 70.8 Å². The lowest BCUT2D eigenvalue weighted by atomic mass is 9.82. The van der Waals surface area contributed by atoms with Crippen molar-refractivity contribution in [2.45, 2.75) is 25.4 Å². The van der Waals surface area contributed by atoms with E-state index in [1.807, 2.05) is 0 Å². The van der Waals surface area contributed by atoms with Gasteiger partial charge in [-0.05, 0) is 49.7 Å². The van der Waals surface area contributed by atoms with Crippen molar-refractivity contribution in [1.82, 2.24) is 10.2 Å². The first-order valence-corrected chi connectivity index (χ1v) is 7.71. The van der Waals surface area contributed by atoms with Crippen molar-refractivity contribution < 1.29 is 0 Å². The lowest BCUT2D eigenvalue weighted by Crippen LogP contribution is -2.39. The fourth-order valence-corrected chi connectivity index (χ4v) is 3.39. The molecule has 2 aromatic rings. The van der Waals surface area contributed by atoms with E-state index in [1.54, 1.807) is 0 Å². The summed E-state index contributed by atoms with van der Waals surface area (Å²) in [5.74, 6) is 0. The molecular weight excluding hydrogens is 256 g/mol. The molecule has 0 fully saturated rings. The van der Waals surface area contributed by atoms with E-state index in [1.165, 1.54) is 22.3 Å². The van der Waals surface area contributed by atoms with Gasteiger partial charge in [0.15, 0.2) is 0 Å². The maximum atomic E-state index is 3.82. The largest absolute Gasteiger partial charge is 0.308 e. The summed E-state index contributed by atoms with van der Waals surface area (Å²) in [5, 5.41) is 3.82. The number of nitrogens with zero attached hydrogens (tertiary/aromatic N) is 1. The molecule has 110 valence electrons. The molecule has 3 rings (SSSR count). The first-order valence-electron chi connectivity index (χ1n) is 7.71. The number of benzene rings is 2. The van der Waals surface area contributed by atoms with Crippen LogP contribution < -0.4 is 5.32 Å². The summed E-state index contributed by atoms with van der Waals surface area (Å²) in [7, 11) is 4.25. The highest BCUT2D eigenvalue weighted by molar-refractivity contribution is 5.48. The van der Waals surface area contributed by atoms with Crippen molar-refractivity contribution in [2.24, 2.45) is 0 Å². The van der Waals surface area contributed by atoms with Gasteiger partial charge in [-0.25, -0.2) is 0 Å². The Kier molecular flexibility index (Phi) is 4.09. The summed E-state index contributed by atoms with van der Waals surface area (Å²) in [6, 6.07) is 18.4. The number of hydrogen-bond acceptors (Lipinski definition) is 2. The molecule has 0 aliphatic heterocycles. The van der Waals surface area contributed by atoms with E-state index in [2.05, 4.69) is 79.8 Å². The van der Waals surface area contributed by atoms with Gasteiger partial charge in [0.2, 0.25) is 0 Å². The molecule has 0 heterocycles. The second-order valence-electron chi connectivity index (χ2n) is 6.34. The zero-order chi connectivity index (χ0) is 14.8. The summed E-state index contributed by atoms with van der Waals surface area (Å²) in [4.78, 5) is 2.23. The fourth-order valence-electron chi connectivity index (χ4n) is 3.39. The minimum Gasteiger partial charge on any atom is -0.308 e. The molecule has 1 aliphatic rings. The Morgan fingerprint density at radius 3 is 2.05 bits per heavy atom. The highest BCUT2D eigenvalue weighted by Crippen LogP contribution is 2.34. The Bertz CT molecular complexity index is 573. The van der Waals surface area contributed by atoms with Crippen LogP contribution in [0.5, 0.6) is 0 Å². The molecule has 2 heteroatoms. The van der Waals surface area contributed by atoms with Crippen LogP contribution >= 0.6 is 0 Å². The van der Waals surface area contributed by atoms with Crippen molar-refractivity contribution in [3.8, 4) is 0 Å². The van der Waals surface area contributed by atoms with Crippen LogP contribution in [-0.4, -0.2) is 31.6 Å². The standard InChI is InChI=1S/C19H24N2/c1-14(13-21(2)3)20-19-17-10-6-4-8-15(17)12-16-9-5-7-11-18(16)19/h4-11,14,19-20H,12-13H2,1-3H3. The average molecular weight is 280 g/mol. The highest BCUT2D eigenvalue weighted by atomic mass is 15.1. The zero-order valence-electron chi connectivity index (χ0n) is 13.1. The summed E-state index contributed by atoms with van der Waals surface area (Å²) in [5.41, 5.74) is 5.76. The number of hydrogen-bond donors (Lipinski definition) is 1. The monoisotopic (exact) mass is 280 g/mol. The van der Waals surface area contributed by atoms with Crippen molar-refractivity contribution in [2.75, 3.05) is 20.6 Å². The van der Waals surface area contributed by atoms with E-state index >= 15 is 0 Å². The van der Waals surface area contributed by atoms with E-state index in [9.17, 15) is 0 Å². The molecular formula is C19H24N2. The van der Waals surface area contributed by atoms with E-state index in [-0.39, 0.29) is 0 Å². The average Bonchev–Trinajstić information content (AvgIpc) is 2.46. The highest BCUT2D eigenvalue weighted by Gasteiger charge is 2.25. The van der Waals surface area contributed by atoms with Crippen LogP contribution in [-0.2, 0) is 6.42 Å². The Morgan fingerprint density at radius 1 is 1.00 bits per heavy atom. The molecule has 0 spiro atoms. The lowest BCUT2D eigenvalue weighted by molar-refractivity contribution is 0.338. The smallest absolute Gasteiger partial charge is 0.0584 e. The van der Waals surface area contributed by atoms with Crippen molar-refractivity contribution in [3.63, 3.8) is 0 Å². The van der Waals surface area contributed by atoms with Gasteiger partial charge in [-0.15, -0.1) is 0 Å². The first kappa shape index (κ1) is 14.3. The quantitative estimate of drug-likeness (QED) is 0.925. The topological polar surface area (TPSA) is 15.3 Å². The minimum atomic E-state index is 0.307. The second-order valence-corrected chi connectivity index (χ2v) is 6.34. The van der Waals surface area contributed by atoms with Gasteiger partial charge < -0.3 is 10.2 Å². The Hall–Kier alpha value is -1.64. The molecule has 1 atom stereocenters. The van der Waals surface area contributed by atoms with Crippen LogP contribution in [0, 0.1) is 0 Å². The van der Waals surface area contributed by atoms with E-state index < -0.39 is 0 Å². The molecule has 0 bridgehead atoms. The predicted octanol–water partition coefficient (Wildman–Crippen LogP) is 3.22. The Labute approximate surface area is 127 Å². The molecule has 1 N–H and O–H groups in total. The van der Waals surface area contributed by atoms with Gasteiger partial charge in [0.05, 0.1) is 6.04 Å². The number of rotatable bonds is 4. The Balaban J connectivity index is 1.95. The van der Waals surface area contributed by atoms with Gasteiger partial charge in [0.1, 0.15) is 0 Å². The maximum absolute atomic E-state index is 3.82. The SMILES string of the molecule is CC(CN(C)C)NC1c2ccccc2Cc2ccccc21. The zero-order valence-corrected chi connectivity index (χ0v) is 13.1. The molecule has 21 heavy (non-hydrogen) atoms. The predicted molar refractivity (Wildman–Crippen MR) is 88.7 cm³/mol. The van der Waals surface area contributed by atoms with Crippen LogP contribution in [0.3, 0.4) is 0 Å². The first-order chi connectivity index (χ1) is 10.1. The second kappa shape index (κ2) is 6.00. The maximum Gasteiger partial charge on any atom is 0.0584 e. The molecule has 0 amide bonds. The summed E-state index contributed by atoms with van der Waals surface area (Å²) >= 11 is 0.